The molecular weight excluding hydrogens is 372 g/mol. The summed E-state index contributed by atoms with van der Waals surface area (Å²) in [4.78, 5) is 2.55. The smallest absolute Gasteiger partial charge is 0.161 e. The third-order valence-electron chi connectivity index (χ3n) is 5.65. The van der Waals surface area contributed by atoms with Crippen LogP contribution in [0.25, 0.3) is 11.1 Å². The molecule has 3 aromatic rings. The van der Waals surface area contributed by atoms with Gasteiger partial charge in [0.15, 0.2) is 11.5 Å². The molecule has 4 heteroatoms. The van der Waals surface area contributed by atoms with E-state index in [0.717, 1.165) is 37.7 Å². The van der Waals surface area contributed by atoms with Crippen LogP contribution in [-0.2, 0) is 0 Å². The monoisotopic (exact) mass is 402 g/mol. The van der Waals surface area contributed by atoms with Crippen molar-refractivity contribution in [3.63, 3.8) is 0 Å². The molecule has 1 aliphatic rings. The second kappa shape index (κ2) is 9.79. The lowest BCUT2D eigenvalue weighted by molar-refractivity contribution is 0.198. The van der Waals surface area contributed by atoms with Gasteiger partial charge in [0, 0.05) is 26.2 Å². The van der Waals surface area contributed by atoms with Gasteiger partial charge in [-0.25, -0.2) is 0 Å². The largest absolute Gasteiger partial charge is 0.493 e. The minimum absolute atomic E-state index is 0.182. The molecular formula is C26H30N2O2. The Balaban J connectivity index is 1.71. The maximum atomic E-state index is 5.86. The number of hydrogen-bond acceptors (Lipinski definition) is 4. The van der Waals surface area contributed by atoms with Crippen LogP contribution in [0, 0.1) is 0 Å². The number of hydrogen-bond donors (Lipinski definition) is 1. The second-order valence-corrected chi connectivity index (χ2v) is 7.52. The van der Waals surface area contributed by atoms with Gasteiger partial charge in [0.25, 0.3) is 0 Å². The molecule has 30 heavy (non-hydrogen) atoms. The molecule has 0 radical (unpaired) electrons. The van der Waals surface area contributed by atoms with Crippen LogP contribution in [0.3, 0.4) is 0 Å². The van der Waals surface area contributed by atoms with E-state index in [1.165, 1.54) is 22.3 Å². The summed E-state index contributed by atoms with van der Waals surface area (Å²) in [5, 5.41) is 3.47. The fraction of sp³-hybridized carbons (Fsp3) is 0.308. The molecule has 4 nitrogen and oxygen atoms in total. The molecule has 1 N–H and O–H groups in total. The van der Waals surface area contributed by atoms with Crippen molar-refractivity contribution >= 4 is 0 Å². The van der Waals surface area contributed by atoms with E-state index < -0.39 is 0 Å². The second-order valence-electron chi connectivity index (χ2n) is 7.52. The topological polar surface area (TPSA) is 33.7 Å². The Bertz CT molecular complexity index is 935. The highest BCUT2D eigenvalue weighted by Crippen LogP contribution is 2.36. The minimum Gasteiger partial charge on any atom is -0.493 e. The highest BCUT2D eigenvalue weighted by molar-refractivity contribution is 5.63. The van der Waals surface area contributed by atoms with Crippen LogP contribution >= 0.6 is 0 Å². The van der Waals surface area contributed by atoms with Gasteiger partial charge in [0.2, 0.25) is 0 Å². The Kier molecular flexibility index (Phi) is 6.67. The van der Waals surface area contributed by atoms with Crippen molar-refractivity contribution in [2.45, 2.75) is 13.0 Å². The number of benzene rings is 3. The van der Waals surface area contributed by atoms with E-state index in [1.807, 2.05) is 13.0 Å². The summed E-state index contributed by atoms with van der Waals surface area (Å²) in [5.41, 5.74) is 5.01. The average molecular weight is 403 g/mol. The molecule has 1 fully saturated rings. The van der Waals surface area contributed by atoms with Crippen LogP contribution in [0.1, 0.15) is 24.1 Å². The van der Waals surface area contributed by atoms with Crippen molar-refractivity contribution in [3.8, 4) is 22.6 Å². The predicted molar refractivity (Wildman–Crippen MR) is 122 cm³/mol. The minimum atomic E-state index is 0.182. The molecule has 1 heterocycles. The van der Waals surface area contributed by atoms with Crippen LogP contribution in [0.15, 0.2) is 72.8 Å². The van der Waals surface area contributed by atoms with Crippen LogP contribution in [0.5, 0.6) is 11.5 Å². The molecule has 1 atom stereocenters. The quantitative estimate of drug-likeness (QED) is 0.618. The third kappa shape index (κ3) is 4.50. The van der Waals surface area contributed by atoms with Gasteiger partial charge in [0.05, 0.1) is 19.8 Å². The van der Waals surface area contributed by atoms with E-state index in [-0.39, 0.29) is 6.04 Å². The zero-order valence-corrected chi connectivity index (χ0v) is 17.8. The van der Waals surface area contributed by atoms with E-state index >= 15 is 0 Å². The van der Waals surface area contributed by atoms with Crippen molar-refractivity contribution in [2.24, 2.45) is 0 Å². The molecule has 1 unspecified atom stereocenters. The van der Waals surface area contributed by atoms with Gasteiger partial charge in [-0.3, -0.25) is 4.90 Å². The first-order chi connectivity index (χ1) is 14.8. The number of nitrogens with zero attached hydrogens (tertiary/aromatic N) is 1. The first kappa shape index (κ1) is 20.5. The average Bonchev–Trinajstić information content (AvgIpc) is 2.81. The van der Waals surface area contributed by atoms with Gasteiger partial charge < -0.3 is 14.8 Å². The zero-order valence-electron chi connectivity index (χ0n) is 17.8. The fourth-order valence-corrected chi connectivity index (χ4v) is 4.17. The van der Waals surface area contributed by atoms with Gasteiger partial charge in [-0.1, -0.05) is 60.7 Å². The van der Waals surface area contributed by atoms with Gasteiger partial charge >= 0.3 is 0 Å². The lowest BCUT2D eigenvalue weighted by Crippen LogP contribution is -2.45. The Labute approximate surface area is 179 Å². The Morgan fingerprint density at radius 1 is 0.833 bits per heavy atom. The van der Waals surface area contributed by atoms with Crippen LogP contribution < -0.4 is 14.8 Å². The van der Waals surface area contributed by atoms with Crippen LogP contribution in [0.2, 0.25) is 0 Å². The van der Waals surface area contributed by atoms with Crippen LogP contribution in [0.4, 0.5) is 0 Å². The molecule has 0 amide bonds. The molecule has 1 aliphatic heterocycles. The number of nitrogens with one attached hydrogen (secondary N) is 1. The number of methoxy groups -OCH3 is 1. The summed E-state index contributed by atoms with van der Waals surface area (Å²) in [7, 11) is 1.69. The molecule has 0 bridgehead atoms. The molecule has 0 saturated carbocycles. The summed E-state index contributed by atoms with van der Waals surface area (Å²) >= 11 is 0. The SMILES string of the molecule is CCOc1cc(C(c2ccc(-c3ccccc3)cc2)N2CCNCC2)ccc1OC. The Morgan fingerprint density at radius 2 is 1.50 bits per heavy atom. The van der Waals surface area contributed by atoms with Crippen molar-refractivity contribution in [3.05, 3.63) is 83.9 Å². The van der Waals surface area contributed by atoms with Gasteiger partial charge in [0.1, 0.15) is 0 Å². The number of ether oxygens (including phenoxy) is 2. The Hall–Kier alpha value is -2.82. The summed E-state index contributed by atoms with van der Waals surface area (Å²) < 4.78 is 11.4. The highest BCUT2D eigenvalue weighted by Gasteiger charge is 2.25. The van der Waals surface area contributed by atoms with Gasteiger partial charge in [-0.05, 0) is 41.3 Å². The molecule has 3 aromatic carbocycles. The first-order valence-corrected chi connectivity index (χ1v) is 10.7. The van der Waals surface area contributed by atoms with Crippen molar-refractivity contribution in [2.75, 3.05) is 39.9 Å². The normalized spacial score (nSPS) is 15.5. The Morgan fingerprint density at radius 3 is 2.17 bits per heavy atom. The maximum Gasteiger partial charge on any atom is 0.161 e. The zero-order chi connectivity index (χ0) is 20.8. The van der Waals surface area contributed by atoms with E-state index in [4.69, 9.17) is 9.47 Å². The number of rotatable bonds is 7. The predicted octanol–water partition coefficient (Wildman–Crippen LogP) is 4.76. The molecule has 4 rings (SSSR count). The van der Waals surface area contributed by atoms with E-state index in [2.05, 4.69) is 76.9 Å². The lowest BCUT2D eigenvalue weighted by atomic mass is 9.94. The molecule has 0 aliphatic carbocycles. The van der Waals surface area contributed by atoms with Crippen molar-refractivity contribution < 1.29 is 9.47 Å². The first-order valence-electron chi connectivity index (χ1n) is 10.7. The standard InChI is InChI=1S/C26H30N2O2/c1-3-30-25-19-23(13-14-24(25)29-2)26(28-17-15-27-16-18-28)22-11-9-21(10-12-22)20-7-5-4-6-8-20/h4-14,19,26-27H,3,15-18H2,1-2H3. The van der Waals surface area contributed by atoms with Gasteiger partial charge in [-0.2, -0.15) is 0 Å². The molecule has 156 valence electrons. The molecule has 0 aromatic heterocycles. The summed E-state index contributed by atoms with van der Waals surface area (Å²) in [6, 6.07) is 26.0. The lowest BCUT2D eigenvalue weighted by Gasteiger charge is -2.36. The van der Waals surface area contributed by atoms with Crippen LogP contribution in [-0.4, -0.2) is 44.8 Å². The fourth-order valence-electron chi connectivity index (χ4n) is 4.17. The molecule has 1 saturated heterocycles. The van der Waals surface area contributed by atoms with E-state index in [0.29, 0.717) is 6.61 Å². The summed E-state index contributed by atoms with van der Waals surface area (Å²) in [6.07, 6.45) is 0. The molecule has 0 spiro atoms. The third-order valence-corrected chi connectivity index (χ3v) is 5.65. The van der Waals surface area contributed by atoms with E-state index in [1.54, 1.807) is 7.11 Å². The highest BCUT2D eigenvalue weighted by atomic mass is 16.5. The summed E-state index contributed by atoms with van der Waals surface area (Å²) in [5.74, 6) is 1.58. The van der Waals surface area contributed by atoms with Gasteiger partial charge in [-0.15, -0.1) is 0 Å². The maximum absolute atomic E-state index is 5.86. The van der Waals surface area contributed by atoms with Crippen molar-refractivity contribution in [1.82, 2.24) is 10.2 Å². The number of piperazine rings is 1. The summed E-state index contributed by atoms with van der Waals surface area (Å²) in [6.45, 7) is 6.66. The van der Waals surface area contributed by atoms with Crippen molar-refractivity contribution in [1.29, 1.82) is 0 Å². The van der Waals surface area contributed by atoms with E-state index in [9.17, 15) is 0 Å².